The summed E-state index contributed by atoms with van der Waals surface area (Å²) in [6, 6.07) is 13.1. The molecule has 1 aliphatic rings. The molecule has 4 aromatic rings. The smallest absolute Gasteiger partial charge is 0.0747 e. The lowest BCUT2D eigenvalue weighted by Gasteiger charge is -2.28. The number of nitrogens with zero attached hydrogens (tertiary/aromatic N) is 3. The molecule has 1 N–H and O–H groups in total. The van der Waals surface area contributed by atoms with Gasteiger partial charge in [-0.1, -0.05) is 18.9 Å². The molecule has 2 atom stereocenters. The summed E-state index contributed by atoms with van der Waals surface area (Å²) in [5.41, 5.74) is 6.90. The van der Waals surface area contributed by atoms with Crippen LogP contribution in [0.25, 0.3) is 22.0 Å². The SMILES string of the molecule is Cc1cc(-c2ccc(Cc3cc4cn([C@@H]5CCCC[C@H]5O)cc4cc3C)cn2)ccn1. The van der Waals surface area contributed by atoms with E-state index in [9.17, 15) is 5.11 Å². The molecule has 31 heavy (non-hydrogen) atoms. The van der Waals surface area contributed by atoms with Crippen LogP contribution in [0.15, 0.2) is 61.2 Å². The van der Waals surface area contributed by atoms with Gasteiger partial charge in [0.1, 0.15) is 0 Å². The first-order valence-corrected chi connectivity index (χ1v) is 11.2. The number of hydrogen-bond donors (Lipinski definition) is 1. The van der Waals surface area contributed by atoms with Crippen LogP contribution in [-0.4, -0.2) is 25.7 Å². The predicted molar refractivity (Wildman–Crippen MR) is 125 cm³/mol. The maximum absolute atomic E-state index is 10.4. The van der Waals surface area contributed by atoms with Gasteiger partial charge in [0.15, 0.2) is 0 Å². The van der Waals surface area contributed by atoms with Gasteiger partial charge >= 0.3 is 0 Å². The number of fused-ring (bicyclic) bond motifs is 1. The molecular weight excluding hydrogens is 382 g/mol. The molecule has 5 rings (SSSR count). The third-order valence-corrected chi connectivity index (χ3v) is 6.61. The second-order valence-corrected chi connectivity index (χ2v) is 8.95. The number of rotatable bonds is 4. The quantitative estimate of drug-likeness (QED) is 0.463. The van der Waals surface area contributed by atoms with Gasteiger partial charge in [0, 0.05) is 36.0 Å². The van der Waals surface area contributed by atoms with Crippen molar-refractivity contribution in [2.45, 2.75) is 58.1 Å². The summed E-state index contributed by atoms with van der Waals surface area (Å²) in [4.78, 5) is 8.96. The molecule has 158 valence electrons. The lowest BCUT2D eigenvalue weighted by molar-refractivity contribution is 0.0758. The van der Waals surface area contributed by atoms with E-state index in [-0.39, 0.29) is 12.1 Å². The molecule has 1 saturated carbocycles. The summed E-state index contributed by atoms with van der Waals surface area (Å²) in [7, 11) is 0. The zero-order chi connectivity index (χ0) is 21.4. The van der Waals surface area contributed by atoms with Crippen molar-refractivity contribution in [3.63, 3.8) is 0 Å². The largest absolute Gasteiger partial charge is 0.391 e. The number of aromatic nitrogens is 3. The predicted octanol–water partition coefficient (Wildman–Crippen LogP) is 5.78. The maximum atomic E-state index is 10.4. The first kappa shape index (κ1) is 20.0. The summed E-state index contributed by atoms with van der Waals surface area (Å²) >= 11 is 0. The topological polar surface area (TPSA) is 50.9 Å². The van der Waals surface area contributed by atoms with Crippen LogP contribution in [0.1, 0.15) is 54.1 Å². The second-order valence-electron chi connectivity index (χ2n) is 8.95. The molecule has 4 heteroatoms. The van der Waals surface area contributed by atoms with Crippen LogP contribution in [0.4, 0.5) is 0 Å². The third-order valence-electron chi connectivity index (χ3n) is 6.61. The van der Waals surface area contributed by atoms with Crippen LogP contribution >= 0.6 is 0 Å². The van der Waals surface area contributed by atoms with Crippen LogP contribution in [-0.2, 0) is 6.42 Å². The Bertz CT molecular complexity index is 1210. The highest BCUT2D eigenvalue weighted by molar-refractivity contribution is 5.84. The average molecular weight is 412 g/mol. The standard InChI is InChI=1S/C27H29N3O/c1-18-11-23-16-30(26-5-3-4-6-27(26)31)17-24(23)14-22(18)13-20-7-8-25(29-15-20)21-9-10-28-19(2)12-21/h7-12,14-17,26-27,31H,3-6,13H2,1-2H3/t26-,27-/m1/s1. The second kappa shape index (κ2) is 8.27. The van der Waals surface area contributed by atoms with Crippen LogP contribution in [0.2, 0.25) is 0 Å². The molecule has 1 aliphatic carbocycles. The Morgan fingerprint density at radius 3 is 2.52 bits per heavy atom. The highest BCUT2D eigenvalue weighted by Gasteiger charge is 2.24. The van der Waals surface area contributed by atoms with Crippen molar-refractivity contribution in [2.75, 3.05) is 0 Å². The Morgan fingerprint density at radius 1 is 0.968 bits per heavy atom. The van der Waals surface area contributed by atoms with Crippen molar-refractivity contribution in [1.82, 2.24) is 14.5 Å². The molecule has 0 unspecified atom stereocenters. The van der Waals surface area contributed by atoms with Crippen molar-refractivity contribution < 1.29 is 5.11 Å². The van der Waals surface area contributed by atoms with E-state index in [1.807, 2.05) is 25.4 Å². The molecule has 0 saturated heterocycles. The fourth-order valence-electron chi connectivity index (χ4n) is 4.82. The Kier molecular flexibility index (Phi) is 5.33. The number of aliphatic hydroxyl groups is 1. The van der Waals surface area contributed by atoms with Gasteiger partial charge < -0.3 is 9.67 Å². The molecule has 0 amide bonds. The Labute approximate surface area is 183 Å². The van der Waals surface area contributed by atoms with E-state index < -0.39 is 0 Å². The number of hydrogen-bond acceptors (Lipinski definition) is 3. The molecule has 0 bridgehead atoms. The van der Waals surface area contributed by atoms with E-state index >= 15 is 0 Å². The Hall–Kier alpha value is -2.98. The highest BCUT2D eigenvalue weighted by Crippen LogP contribution is 2.32. The van der Waals surface area contributed by atoms with E-state index in [4.69, 9.17) is 4.98 Å². The van der Waals surface area contributed by atoms with Gasteiger partial charge in [-0.05, 0) is 90.9 Å². The Balaban J connectivity index is 1.39. The number of benzene rings is 1. The monoisotopic (exact) mass is 411 g/mol. The van der Waals surface area contributed by atoms with Crippen LogP contribution in [0.3, 0.4) is 0 Å². The first-order valence-electron chi connectivity index (χ1n) is 11.2. The zero-order valence-corrected chi connectivity index (χ0v) is 18.3. The fraction of sp³-hybridized carbons (Fsp3) is 0.333. The molecule has 3 heterocycles. The number of aryl methyl sites for hydroxylation is 2. The summed E-state index contributed by atoms with van der Waals surface area (Å²) in [5, 5.41) is 12.9. The van der Waals surface area contributed by atoms with Crippen LogP contribution in [0, 0.1) is 13.8 Å². The van der Waals surface area contributed by atoms with E-state index in [1.54, 1.807) is 0 Å². The molecule has 4 nitrogen and oxygen atoms in total. The maximum Gasteiger partial charge on any atom is 0.0747 e. The van der Waals surface area contributed by atoms with Crippen molar-refractivity contribution in [3.05, 3.63) is 83.6 Å². The lowest BCUT2D eigenvalue weighted by atomic mass is 9.92. The van der Waals surface area contributed by atoms with Crippen molar-refractivity contribution in [1.29, 1.82) is 0 Å². The van der Waals surface area contributed by atoms with Gasteiger partial charge in [0.2, 0.25) is 0 Å². The van der Waals surface area contributed by atoms with Crippen LogP contribution in [0.5, 0.6) is 0 Å². The minimum absolute atomic E-state index is 0.207. The molecule has 3 aromatic heterocycles. The summed E-state index contributed by atoms with van der Waals surface area (Å²) in [5.74, 6) is 0. The van der Waals surface area contributed by atoms with Gasteiger partial charge in [-0.3, -0.25) is 9.97 Å². The van der Waals surface area contributed by atoms with Gasteiger partial charge in [-0.25, -0.2) is 0 Å². The molecule has 1 aromatic carbocycles. The normalized spacial score (nSPS) is 19.1. The van der Waals surface area contributed by atoms with Crippen molar-refractivity contribution in [3.8, 4) is 11.3 Å². The first-order chi connectivity index (χ1) is 15.1. The lowest BCUT2D eigenvalue weighted by Crippen LogP contribution is -2.26. The number of pyridine rings is 2. The minimum atomic E-state index is -0.232. The van der Waals surface area contributed by atoms with Gasteiger partial charge in [-0.2, -0.15) is 0 Å². The van der Waals surface area contributed by atoms with Gasteiger partial charge in [0.05, 0.1) is 17.8 Å². The molecular formula is C27H29N3O. The van der Waals surface area contributed by atoms with Crippen LogP contribution < -0.4 is 0 Å². The molecule has 0 radical (unpaired) electrons. The minimum Gasteiger partial charge on any atom is -0.391 e. The van der Waals surface area contributed by atoms with E-state index in [0.29, 0.717) is 0 Å². The fourth-order valence-corrected chi connectivity index (χ4v) is 4.82. The van der Waals surface area contributed by atoms with E-state index in [1.165, 1.54) is 33.9 Å². The Morgan fingerprint density at radius 2 is 1.77 bits per heavy atom. The summed E-state index contributed by atoms with van der Waals surface area (Å²) < 4.78 is 2.24. The molecule has 1 fully saturated rings. The summed E-state index contributed by atoms with van der Waals surface area (Å²) in [6.45, 7) is 4.18. The number of aliphatic hydroxyl groups excluding tert-OH is 1. The third kappa shape index (κ3) is 4.13. The zero-order valence-electron chi connectivity index (χ0n) is 18.3. The average Bonchev–Trinajstić information content (AvgIpc) is 3.17. The molecule has 0 spiro atoms. The summed E-state index contributed by atoms with van der Waals surface area (Å²) in [6.07, 6.45) is 13.2. The van der Waals surface area contributed by atoms with E-state index in [2.05, 4.69) is 59.2 Å². The van der Waals surface area contributed by atoms with Gasteiger partial charge in [0.25, 0.3) is 0 Å². The highest BCUT2D eigenvalue weighted by atomic mass is 16.3. The van der Waals surface area contributed by atoms with Crippen molar-refractivity contribution in [2.24, 2.45) is 0 Å². The van der Waals surface area contributed by atoms with Gasteiger partial charge in [-0.15, -0.1) is 0 Å². The van der Waals surface area contributed by atoms with Crippen molar-refractivity contribution >= 4 is 10.8 Å². The molecule has 0 aliphatic heterocycles. The van der Waals surface area contributed by atoms with E-state index in [0.717, 1.165) is 42.6 Å².